The zero-order valence-corrected chi connectivity index (χ0v) is 22.2. The van der Waals surface area contributed by atoms with E-state index in [0.717, 1.165) is 17.5 Å². The Hall–Kier alpha value is -2.26. The number of aryl methyl sites for hydroxylation is 1. The van der Waals surface area contributed by atoms with E-state index in [4.69, 9.17) is 0 Å². The number of nitrogens with one attached hydrogen (secondary N) is 1. The van der Waals surface area contributed by atoms with E-state index < -0.39 is 34.2 Å². The normalized spacial score (nSPS) is 15.6. The Morgan fingerprint density at radius 3 is 2.11 bits per heavy atom. The average molecular weight is 505 g/mol. The Bertz CT molecular complexity index is 1030. The Labute approximate surface area is 210 Å². The van der Waals surface area contributed by atoms with Crippen molar-refractivity contribution < 1.29 is 23.4 Å². The quantitative estimate of drug-likeness (QED) is 0.389. The maximum absolute atomic E-state index is 13.5. The van der Waals surface area contributed by atoms with Crippen molar-refractivity contribution >= 4 is 15.9 Å². The van der Waals surface area contributed by atoms with E-state index >= 15 is 0 Å². The number of benzene rings is 2. The monoisotopic (exact) mass is 504 g/mol. The highest BCUT2D eigenvalue weighted by Crippen LogP contribution is 2.20. The number of sulfonamides is 1. The number of nitrogens with zero attached hydrogens (tertiary/aromatic N) is 1. The van der Waals surface area contributed by atoms with Gasteiger partial charge in [0.25, 0.3) is 0 Å². The van der Waals surface area contributed by atoms with Gasteiger partial charge in [0, 0.05) is 13.1 Å². The van der Waals surface area contributed by atoms with Gasteiger partial charge in [-0.3, -0.25) is 4.79 Å². The minimum Gasteiger partial charge on any atom is -0.390 e. The molecule has 1 amide bonds. The first-order valence-corrected chi connectivity index (χ1v) is 13.7. The number of hydrogen-bond donors (Lipinski definition) is 3. The number of aliphatic hydroxyl groups excluding tert-OH is 2. The predicted molar refractivity (Wildman–Crippen MR) is 138 cm³/mol. The van der Waals surface area contributed by atoms with E-state index in [1.807, 2.05) is 51.1 Å². The number of carbonyl (C=O) groups excluding carboxylic acids is 1. The van der Waals surface area contributed by atoms with Gasteiger partial charge in [-0.25, -0.2) is 8.42 Å². The van der Waals surface area contributed by atoms with Crippen LogP contribution in [0.3, 0.4) is 0 Å². The molecule has 2 rings (SSSR count). The standard InChI is InChI=1S/C27H40N2O5S/c1-6-20(4)17-29(35(33,34)23-14-12-21(5)13-15-23)18-25(30)24(16-22-10-8-7-9-11-22)28-27(32)26(31)19(2)3/h7-15,19-20,24-26,30-31H,6,16-18H2,1-5H3,(H,28,32)/t20?,24-,25+,26?/m0/s1. The van der Waals surface area contributed by atoms with E-state index in [-0.39, 0.29) is 29.8 Å². The van der Waals surface area contributed by atoms with E-state index in [0.29, 0.717) is 6.42 Å². The fourth-order valence-electron chi connectivity index (χ4n) is 3.66. The van der Waals surface area contributed by atoms with Crippen LogP contribution >= 0.6 is 0 Å². The zero-order chi connectivity index (χ0) is 26.2. The smallest absolute Gasteiger partial charge is 0.249 e. The lowest BCUT2D eigenvalue weighted by Crippen LogP contribution is -2.53. The van der Waals surface area contributed by atoms with Crippen LogP contribution in [0.5, 0.6) is 0 Å². The second kappa shape index (κ2) is 13.2. The predicted octanol–water partition coefficient (Wildman–Crippen LogP) is 3.14. The summed E-state index contributed by atoms with van der Waals surface area (Å²) < 4.78 is 28.3. The number of hydrogen-bond acceptors (Lipinski definition) is 5. The van der Waals surface area contributed by atoms with E-state index in [2.05, 4.69) is 5.32 Å². The Kier molecular flexibility index (Phi) is 10.9. The molecule has 0 aliphatic rings. The van der Waals surface area contributed by atoms with Gasteiger partial charge in [0.2, 0.25) is 15.9 Å². The minimum atomic E-state index is -3.87. The third kappa shape index (κ3) is 8.42. The molecule has 0 saturated carbocycles. The van der Waals surface area contributed by atoms with Crippen LogP contribution in [0.2, 0.25) is 0 Å². The molecule has 8 heteroatoms. The Morgan fingerprint density at radius 1 is 0.971 bits per heavy atom. The molecule has 0 aliphatic carbocycles. The van der Waals surface area contributed by atoms with Gasteiger partial charge < -0.3 is 15.5 Å². The summed E-state index contributed by atoms with van der Waals surface area (Å²) in [6, 6.07) is 15.2. The van der Waals surface area contributed by atoms with E-state index in [9.17, 15) is 23.4 Å². The molecule has 7 nitrogen and oxygen atoms in total. The van der Waals surface area contributed by atoms with Crippen LogP contribution < -0.4 is 5.32 Å². The molecule has 35 heavy (non-hydrogen) atoms. The van der Waals surface area contributed by atoms with Crippen molar-refractivity contribution in [3.05, 3.63) is 65.7 Å². The molecule has 3 N–H and O–H groups in total. The molecule has 0 saturated heterocycles. The molecule has 0 aliphatic heterocycles. The van der Waals surface area contributed by atoms with Crippen molar-refractivity contribution in [2.75, 3.05) is 13.1 Å². The number of rotatable bonds is 13. The fraction of sp³-hybridized carbons (Fsp3) is 0.519. The van der Waals surface area contributed by atoms with Gasteiger partial charge in [-0.15, -0.1) is 0 Å². The third-order valence-corrected chi connectivity index (χ3v) is 8.10. The van der Waals surface area contributed by atoms with Crippen LogP contribution in [-0.2, 0) is 21.2 Å². The lowest BCUT2D eigenvalue weighted by molar-refractivity contribution is -0.133. The molecule has 0 bridgehead atoms. The van der Waals surface area contributed by atoms with E-state index in [1.54, 1.807) is 38.1 Å². The Balaban J connectivity index is 2.34. The van der Waals surface area contributed by atoms with Gasteiger partial charge in [0.05, 0.1) is 17.0 Å². The summed E-state index contributed by atoms with van der Waals surface area (Å²) in [6.45, 7) is 9.36. The first-order valence-electron chi connectivity index (χ1n) is 12.2. The molecule has 2 aromatic carbocycles. The van der Waals surface area contributed by atoms with Crippen LogP contribution in [0.1, 0.15) is 45.2 Å². The van der Waals surface area contributed by atoms with Crippen molar-refractivity contribution in [3.8, 4) is 0 Å². The lowest BCUT2D eigenvalue weighted by Gasteiger charge is -2.31. The van der Waals surface area contributed by atoms with Gasteiger partial charge >= 0.3 is 0 Å². The molecule has 2 unspecified atom stereocenters. The summed E-state index contributed by atoms with van der Waals surface area (Å²) in [7, 11) is -3.87. The van der Waals surface area contributed by atoms with Crippen LogP contribution in [0.4, 0.5) is 0 Å². The molecule has 0 aromatic heterocycles. The van der Waals surface area contributed by atoms with Crippen molar-refractivity contribution in [2.45, 2.75) is 70.6 Å². The maximum Gasteiger partial charge on any atom is 0.249 e. The SMILES string of the molecule is CCC(C)CN(C[C@@H](O)[C@H](Cc1ccccc1)NC(=O)C(O)C(C)C)S(=O)(=O)c1ccc(C)cc1. The summed E-state index contributed by atoms with van der Waals surface area (Å²) in [5.41, 5.74) is 1.83. The minimum absolute atomic E-state index is 0.0763. The first-order chi connectivity index (χ1) is 16.4. The second-order valence-electron chi connectivity index (χ2n) is 9.71. The van der Waals surface area contributed by atoms with Crippen molar-refractivity contribution in [1.29, 1.82) is 0 Å². The highest BCUT2D eigenvalue weighted by molar-refractivity contribution is 7.89. The summed E-state index contributed by atoms with van der Waals surface area (Å²) >= 11 is 0. The van der Waals surface area contributed by atoms with Crippen molar-refractivity contribution in [2.24, 2.45) is 11.8 Å². The largest absolute Gasteiger partial charge is 0.390 e. The average Bonchev–Trinajstić information content (AvgIpc) is 2.83. The summed E-state index contributed by atoms with van der Waals surface area (Å²) in [5, 5.41) is 24.2. The fourth-order valence-corrected chi connectivity index (χ4v) is 5.24. The molecule has 194 valence electrons. The highest BCUT2D eigenvalue weighted by atomic mass is 32.2. The van der Waals surface area contributed by atoms with E-state index in [1.165, 1.54) is 4.31 Å². The van der Waals surface area contributed by atoms with Crippen LogP contribution in [0.25, 0.3) is 0 Å². The summed E-state index contributed by atoms with van der Waals surface area (Å²) in [4.78, 5) is 12.8. The number of aliphatic hydroxyl groups is 2. The lowest BCUT2D eigenvalue weighted by atomic mass is 9.99. The molecule has 0 fully saturated rings. The van der Waals surface area contributed by atoms with Crippen LogP contribution in [0.15, 0.2) is 59.5 Å². The van der Waals surface area contributed by atoms with Gasteiger partial charge in [0.1, 0.15) is 6.10 Å². The van der Waals surface area contributed by atoms with Crippen LogP contribution in [0, 0.1) is 18.8 Å². The van der Waals surface area contributed by atoms with Crippen LogP contribution in [-0.4, -0.2) is 60.2 Å². The highest BCUT2D eigenvalue weighted by Gasteiger charge is 2.32. The summed E-state index contributed by atoms with van der Waals surface area (Å²) in [5.74, 6) is -0.810. The molecular weight excluding hydrogens is 464 g/mol. The maximum atomic E-state index is 13.5. The Morgan fingerprint density at radius 2 is 1.57 bits per heavy atom. The number of amides is 1. The molecule has 0 heterocycles. The molecule has 4 atom stereocenters. The van der Waals surface area contributed by atoms with Crippen molar-refractivity contribution in [1.82, 2.24) is 9.62 Å². The van der Waals surface area contributed by atoms with Gasteiger partial charge in [-0.05, 0) is 42.9 Å². The molecule has 0 radical (unpaired) electrons. The topological polar surface area (TPSA) is 107 Å². The third-order valence-electron chi connectivity index (χ3n) is 6.25. The summed E-state index contributed by atoms with van der Waals surface area (Å²) in [6.07, 6.45) is -1.35. The molecule has 0 spiro atoms. The van der Waals surface area contributed by atoms with Crippen molar-refractivity contribution in [3.63, 3.8) is 0 Å². The first kappa shape index (κ1) is 29.0. The molecular formula is C27H40N2O5S. The zero-order valence-electron chi connectivity index (χ0n) is 21.4. The second-order valence-corrected chi connectivity index (χ2v) is 11.6. The van der Waals surface area contributed by atoms with Gasteiger partial charge in [-0.1, -0.05) is 82.1 Å². The molecule has 2 aromatic rings. The number of carbonyl (C=O) groups is 1. The van der Waals surface area contributed by atoms with Gasteiger partial charge in [-0.2, -0.15) is 4.31 Å². The van der Waals surface area contributed by atoms with Gasteiger partial charge in [0.15, 0.2) is 0 Å².